The molecule has 0 heterocycles. The van der Waals surface area contributed by atoms with Gasteiger partial charge in [0.2, 0.25) is 0 Å². The van der Waals surface area contributed by atoms with Gasteiger partial charge in [0, 0.05) is 0 Å². The summed E-state index contributed by atoms with van der Waals surface area (Å²) < 4.78 is 59.8. The van der Waals surface area contributed by atoms with Crippen molar-refractivity contribution in [3.05, 3.63) is 89.5 Å². The summed E-state index contributed by atoms with van der Waals surface area (Å²) in [5.74, 6) is -3.92. The molecule has 1 amide bonds. The maximum absolute atomic E-state index is 14.0. The fourth-order valence-electron chi connectivity index (χ4n) is 2.83. The van der Waals surface area contributed by atoms with Crippen molar-refractivity contribution in [3.63, 3.8) is 0 Å². The van der Waals surface area contributed by atoms with Crippen molar-refractivity contribution in [2.75, 3.05) is 10.0 Å². The molecule has 0 radical (unpaired) electrons. The van der Waals surface area contributed by atoms with E-state index in [0.717, 1.165) is 6.07 Å². The summed E-state index contributed by atoms with van der Waals surface area (Å²) in [7, 11) is -4.60. The van der Waals surface area contributed by atoms with Gasteiger partial charge < -0.3 is 10.1 Å². The third-order valence-electron chi connectivity index (χ3n) is 4.53. The monoisotopic (exact) mass is 485 g/mol. The lowest BCUT2D eigenvalue weighted by molar-refractivity contribution is -0.123. The number of rotatable bonds is 7. The number of ether oxygens (including phenoxy) is 1. The molecule has 0 saturated carbocycles. The second kappa shape index (κ2) is 10.1. The number of para-hydroxylation sites is 2. The van der Waals surface area contributed by atoms with E-state index in [1.54, 1.807) is 12.1 Å². The zero-order valence-electron chi connectivity index (χ0n) is 17.6. The average Bonchev–Trinajstić information content (AvgIpc) is 2.80. The van der Waals surface area contributed by atoms with E-state index in [2.05, 4.69) is 5.32 Å². The van der Waals surface area contributed by atoms with Gasteiger partial charge in [-0.2, -0.15) is 5.26 Å². The van der Waals surface area contributed by atoms with Gasteiger partial charge >= 0.3 is 5.97 Å². The Morgan fingerprint density at radius 1 is 1.00 bits per heavy atom. The molecule has 34 heavy (non-hydrogen) atoms. The fourth-order valence-corrected chi connectivity index (χ4v) is 4.00. The molecule has 0 saturated heterocycles. The molecule has 2 N–H and O–H groups in total. The van der Waals surface area contributed by atoms with Gasteiger partial charge in [-0.05, 0) is 49.4 Å². The number of esters is 1. The maximum atomic E-state index is 14.0. The lowest BCUT2D eigenvalue weighted by Gasteiger charge is -2.16. The summed E-state index contributed by atoms with van der Waals surface area (Å²) in [6, 6.07) is 15.4. The van der Waals surface area contributed by atoms with E-state index in [4.69, 9.17) is 10.00 Å². The molecule has 8 nitrogen and oxygen atoms in total. The molecule has 0 aliphatic heterocycles. The average molecular weight is 485 g/mol. The molecule has 1 unspecified atom stereocenters. The topological polar surface area (TPSA) is 125 Å². The summed E-state index contributed by atoms with van der Waals surface area (Å²) in [4.78, 5) is 24.2. The summed E-state index contributed by atoms with van der Waals surface area (Å²) in [5, 5.41) is 11.6. The molecule has 0 aliphatic carbocycles. The van der Waals surface area contributed by atoms with Gasteiger partial charge in [-0.15, -0.1) is 0 Å². The number of anilines is 2. The fraction of sp³-hybridized carbons (Fsp3) is 0.0870. The largest absolute Gasteiger partial charge is 0.449 e. The molecular weight excluding hydrogens is 468 g/mol. The Kier molecular flexibility index (Phi) is 7.23. The molecular formula is C23H17F2N3O5S. The number of halogens is 2. The Morgan fingerprint density at radius 2 is 1.65 bits per heavy atom. The van der Waals surface area contributed by atoms with Crippen LogP contribution in [0.5, 0.6) is 0 Å². The van der Waals surface area contributed by atoms with Crippen molar-refractivity contribution in [1.82, 2.24) is 0 Å². The number of carbonyl (C=O) groups excluding carboxylic acids is 2. The van der Waals surface area contributed by atoms with Crippen molar-refractivity contribution in [2.45, 2.75) is 17.9 Å². The van der Waals surface area contributed by atoms with Crippen LogP contribution in [0.15, 0.2) is 71.6 Å². The lowest BCUT2D eigenvalue weighted by atomic mass is 10.2. The number of nitrogens with one attached hydrogen (secondary N) is 2. The van der Waals surface area contributed by atoms with Gasteiger partial charge in [-0.25, -0.2) is 22.0 Å². The van der Waals surface area contributed by atoms with Crippen molar-refractivity contribution >= 4 is 33.3 Å². The highest BCUT2D eigenvalue weighted by molar-refractivity contribution is 7.92. The van der Waals surface area contributed by atoms with E-state index in [1.165, 1.54) is 43.3 Å². The molecule has 0 aliphatic rings. The zero-order chi connectivity index (χ0) is 24.9. The van der Waals surface area contributed by atoms with E-state index in [0.29, 0.717) is 12.1 Å². The lowest BCUT2D eigenvalue weighted by Crippen LogP contribution is -2.30. The normalized spacial score (nSPS) is 11.7. The molecule has 11 heteroatoms. The molecule has 0 spiro atoms. The first-order chi connectivity index (χ1) is 16.1. The predicted octanol–water partition coefficient (Wildman–Crippen LogP) is 3.82. The quantitative estimate of drug-likeness (QED) is 0.490. The van der Waals surface area contributed by atoms with Gasteiger partial charge in [0.05, 0.1) is 22.5 Å². The van der Waals surface area contributed by atoms with Crippen molar-refractivity contribution in [2.24, 2.45) is 0 Å². The molecule has 0 fully saturated rings. The Morgan fingerprint density at radius 3 is 2.35 bits per heavy atom. The van der Waals surface area contributed by atoms with Gasteiger partial charge in [-0.3, -0.25) is 9.52 Å². The Bertz CT molecular complexity index is 1400. The standard InChI is InChI=1S/C23H17F2N3O5S/c1-14(22(29)27-19-8-4-2-6-15(19)13-26)33-23(30)17-7-3-5-9-20(17)28-34(31,32)21-12-16(24)10-11-18(21)25/h2-12,14,28H,1H3,(H,27,29). The van der Waals surface area contributed by atoms with Crippen LogP contribution < -0.4 is 10.0 Å². The van der Waals surface area contributed by atoms with Crippen molar-refractivity contribution < 1.29 is 31.5 Å². The minimum Gasteiger partial charge on any atom is -0.449 e. The van der Waals surface area contributed by atoms with Gasteiger partial charge in [0.1, 0.15) is 22.6 Å². The minimum absolute atomic E-state index is 0.207. The van der Waals surface area contributed by atoms with Gasteiger partial charge in [0.15, 0.2) is 6.10 Å². The molecule has 3 rings (SSSR count). The first-order valence-electron chi connectivity index (χ1n) is 9.70. The van der Waals surface area contributed by atoms with Crippen molar-refractivity contribution in [3.8, 4) is 6.07 Å². The van der Waals surface area contributed by atoms with Crippen LogP contribution in [0, 0.1) is 23.0 Å². The third-order valence-corrected chi connectivity index (χ3v) is 5.91. The zero-order valence-corrected chi connectivity index (χ0v) is 18.4. The smallest absolute Gasteiger partial charge is 0.341 e. The Hall–Kier alpha value is -4.30. The van der Waals surface area contributed by atoms with Crippen molar-refractivity contribution in [1.29, 1.82) is 5.26 Å². The number of amides is 1. The molecule has 3 aromatic rings. The van der Waals surface area contributed by atoms with E-state index < -0.39 is 44.5 Å². The molecule has 3 aromatic carbocycles. The predicted molar refractivity (Wildman–Crippen MR) is 118 cm³/mol. The van der Waals surface area contributed by atoms with Crippen LogP contribution in [-0.4, -0.2) is 26.4 Å². The number of carbonyl (C=O) groups is 2. The Labute approximate surface area is 193 Å². The number of nitriles is 1. The first-order valence-corrected chi connectivity index (χ1v) is 11.2. The van der Waals surface area contributed by atoms with E-state index in [-0.39, 0.29) is 22.5 Å². The van der Waals surface area contributed by atoms with Crippen LogP contribution in [0.25, 0.3) is 0 Å². The van der Waals surface area contributed by atoms with E-state index in [1.807, 2.05) is 10.8 Å². The minimum atomic E-state index is -4.60. The number of hydrogen-bond donors (Lipinski definition) is 2. The second-order valence-corrected chi connectivity index (χ2v) is 8.57. The number of nitrogens with zero attached hydrogens (tertiary/aromatic N) is 1. The highest BCUT2D eigenvalue weighted by Crippen LogP contribution is 2.24. The van der Waals surface area contributed by atoms with Crippen LogP contribution >= 0.6 is 0 Å². The summed E-state index contributed by atoms with van der Waals surface area (Å²) in [5.41, 5.74) is -0.0968. The molecule has 0 bridgehead atoms. The van der Waals surface area contributed by atoms with Gasteiger partial charge in [-0.1, -0.05) is 24.3 Å². The third kappa shape index (κ3) is 5.54. The number of sulfonamides is 1. The molecule has 0 aromatic heterocycles. The highest BCUT2D eigenvalue weighted by atomic mass is 32.2. The van der Waals surface area contributed by atoms with E-state index in [9.17, 15) is 26.8 Å². The Balaban J connectivity index is 1.78. The summed E-state index contributed by atoms with van der Waals surface area (Å²) >= 11 is 0. The SMILES string of the molecule is CC(OC(=O)c1ccccc1NS(=O)(=O)c1cc(F)ccc1F)C(=O)Nc1ccccc1C#N. The number of benzene rings is 3. The van der Waals surface area contributed by atoms with E-state index >= 15 is 0 Å². The van der Waals surface area contributed by atoms with Crippen LogP contribution in [0.3, 0.4) is 0 Å². The van der Waals surface area contributed by atoms with Crippen LogP contribution in [0.4, 0.5) is 20.2 Å². The van der Waals surface area contributed by atoms with Crippen LogP contribution in [0.2, 0.25) is 0 Å². The molecule has 174 valence electrons. The highest BCUT2D eigenvalue weighted by Gasteiger charge is 2.25. The van der Waals surface area contributed by atoms with Crippen LogP contribution in [0.1, 0.15) is 22.8 Å². The second-order valence-electron chi connectivity index (χ2n) is 6.92. The number of hydrogen-bond acceptors (Lipinski definition) is 6. The maximum Gasteiger partial charge on any atom is 0.341 e. The first kappa shape index (κ1) is 24.3. The van der Waals surface area contributed by atoms with Gasteiger partial charge in [0.25, 0.3) is 15.9 Å². The summed E-state index contributed by atoms with van der Waals surface area (Å²) in [6.45, 7) is 1.29. The molecule has 1 atom stereocenters. The summed E-state index contributed by atoms with van der Waals surface area (Å²) in [6.07, 6.45) is -1.32. The van der Waals surface area contributed by atoms with Crippen LogP contribution in [-0.2, 0) is 19.6 Å².